The second-order valence-electron chi connectivity index (χ2n) is 7.49. The summed E-state index contributed by atoms with van der Waals surface area (Å²) in [5, 5.41) is 0. The number of hydrogen-bond acceptors (Lipinski definition) is 3. The van der Waals surface area contributed by atoms with Crippen LogP contribution in [0, 0.1) is 0 Å². The highest BCUT2D eigenvalue weighted by Gasteiger charge is 2.30. The molecule has 0 aliphatic carbocycles. The molecule has 3 aromatic rings. The molecule has 2 aromatic carbocycles. The number of H-pyrrole nitrogens is 1. The van der Waals surface area contributed by atoms with Gasteiger partial charge in [0.05, 0.1) is 18.3 Å². The molecule has 0 aliphatic heterocycles. The van der Waals surface area contributed by atoms with Gasteiger partial charge in [-0.2, -0.15) is 0 Å². The average molecular weight is 378 g/mol. The Morgan fingerprint density at radius 2 is 1.75 bits per heavy atom. The molecule has 0 unspecified atom stereocenters. The van der Waals surface area contributed by atoms with Crippen molar-refractivity contribution in [2.45, 2.75) is 51.0 Å². The van der Waals surface area contributed by atoms with E-state index in [0.717, 1.165) is 42.1 Å². The second-order valence-corrected chi connectivity index (χ2v) is 7.49. The molecule has 0 saturated heterocycles. The average Bonchev–Trinajstić information content (AvgIpc) is 3.23. The number of rotatable bonds is 10. The standard InChI is InChI=1S/C24H31N3O/c1-3-4-5-9-16-24(25,17-19-10-7-6-8-11-19)23-26-18-22(27-23)20-12-14-21(28-2)15-13-20/h6-8,10-15,18H,3-5,9,16-17,25H2,1-2H3,(H,26,27)/t24-/m1/s1. The molecule has 1 atom stereocenters. The number of ether oxygens (including phenoxy) is 1. The summed E-state index contributed by atoms with van der Waals surface area (Å²) in [6, 6.07) is 18.4. The fourth-order valence-electron chi connectivity index (χ4n) is 3.60. The van der Waals surface area contributed by atoms with Gasteiger partial charge >= 0.3 is 0 Å². The van der Waals surface area contributed by atoms with Crippen LogP contribution in [-0.4, -0.2) is 17.1 Å². The molecule has 1 aromatic heterocycles. The smallest absolute Gasteiger partial charge is 0.127 e. The van der Waals surface area contributed by atoms with Gasteiger partial charge in [-0.1, -0.05) is 62.9 Å². The molecule has 3 rings (SSSR count). The molecule has 0 saturated carbocycles. The lowest BCUT2D eigenvalue weighted by Crippen LogP contribution is -2.40. The van der Waals surface area contributed by atoms with E-state index in [1.807, 2.05) is 36.5 Å². The number of nitrogens with one attached hydrogen (secondary N) is 1. The lowest BCUT2D eigenvalue weighted by atomic mass is 9.85. The van der Waals surface area contributed by atoms with Gasteiger partial charge in [0.15, 0.2) is 0 Å². The second kappa shape index (κ2) is 9.56. The Labute approximate surface area is 168 Å². The van der Waals surface area contributed by atoms with E-state index in [-0.39, 0.29) is 0 Å². The van der Waals surface area contributed by atoms with Crippen molar-refractivity contribution >= 4 is 0 Å². The number of aromatic nitrogens is 2. The highest BCUT2D eigenvalue weighted by atomic mass is 16.5. The molecule has 0 amide bonds. The molecule has 3 N–H and O–H groups in total. The first-order valence-corrected chi connectivity index (χ1v) is 10.2. The molecule has 0 radical (unpaired) electrons. The van der Waals surface area contributed by atoms with Crippen LogP contribution < -0.4 is 10.5 Å². The molecule has 4 nitrogen and oxygen atoms in total. The van der Waals surface area contributed by atoms with Crippen molar-refractivity contribution in [3.05, 3.63) is 72.2 Å². The number of nitrogens with zero attached hydrogens (tertiary/aromatic N) is 1. The number of hydrogen-bond donors (Lipinski definition) is 2. The van der Waals surface area contributed by atoms with Gasteiger partial charge < -0.3 is 15.5 Å². The first-order valence-electron chi connectivity index (χ1n) is 10.2. The van der Waals surface area contributed by atoms with Crippen molar-refractivity contribution in [2.75, 3.05) is 7.11 Å². The summed E-state index contributed by atoms with van der Waals surface area (Å²) in [5.41, 5.74) is 9.66. The maximum absolute atomic E-state index is 6.96. The van der Waals surface area contributed by atoms with Crippen LogP contribution in [0.3, 0.4) is 0 Å². The van der Waals surface area contributed by atoms with Crippen molar-refractivity contribution in [1.82, 2.24) is 9.97 Å². The first-order chi connectivity index (χ1) is 13.6. The van der Waals surface area contributed by atoms with Crippen molar-refractivity contribution in [1.29, 1.82) is 0 Å². The van der Waals surface area contributed by atoms with E-state index in [9.17, 15) is 0 Å². The number of imidazole rings is 1. The van der Waals surface area contributed by atoms with Gasteiger partial charge in [-0.25, -0.2) is 4.98 Å². The van der Waals surface area contributed by atoms with Gasteiger partial charge in [-0.05, 0) is 42.7 Å². The Morgan fingerprint density at radius 1 is 1.00 bits per heavy atom. The Hall–Kier alpha value is -2.59. The van der Waals surface area contributed by atoms with Crippen LogP contribution in [0.15, 0.2) is 60.8 Å². The Kier molecular flexibility index (Phi) is 6.88. The summed E-state index contributed by atoms with van der Waals surface area (Å²) in [6.45, 7) is 2.23. The molecular weight excluding hydrogens is 346 g/mol. The van der Waals surface area contributed by atoms with Crippen LogP contribution in [0.1, 0.15) is 50.4 Å². The normalized spacial score (nSPS) is 13.2. The number of benzene rings is 2. The van der Waals surface area contributed by atoms with Crippen LogP contribution in [0.25, 0.3) is 11.3 Å². The third-order valence-corrected chi connectivity index (χ3v) is 5.27. The zero-order valence-corrected chi connectivity index (χ0v) is 16.9. The number of methoxy groups -OCH3 is 1. The summed E-state index contributed by atoms with van der Waals surface area (Å²) < 4.78 is 5.25. The van der Waals surface area contributed by atoms with Gasteiger partial charge in [0, 0.05) is 11.8 Å². The van der Waals surface area contributed by atoms with Gasteiger partial charge in [0.1, 0.15) is 11.6 Å². The van der Waals surface area contributed by atoms with Gasteiger partial charge in [0.2, 0.25) is 0 Å². The zero-order chi connectivity index (χ0) is 19.8. The largest absolute Gasteiger partial charge is 0.497 e. The lowest BCUT2D eigenvalue weighted by molar-refractivity contribution is 0.365. The van der Waals surface area contributed by atoms with E-state index in [1.165, 1.54) is 24.8 Å². The monoisotopic (exact) mass is 377 g/mol. The van der Waals surface area contributed by atoms with E-state index < -0.39 is 5.54 Å². The fourth-order valence-corrected chi connectivity index (χ4v) is 3.60. The maximum Gasteiger partial charge on any atom is 0.127 e. The third-order valence-electron chi connectivity index (χ3n) is 5.27. The molecule has 1 heterocycles. The Morgan fingerprint density at radius 3 is 2.43 bits per heavy atom. The molecule has 28 heavy (non-hydrogen) atoms. The highest BCUT2D eigenvalue weighted by Crippen LogP contribution is 2.30. The number of nitrogens with two attached hydrogens (primary N) is 1. The summed E-state index contributed by atoms with van der Waals surface area (Å²) >= 11 is 0. The van der Waals surface area contributed by atoms with Crippen LogP contribution in [-0.2, 0) is 12.0 Å². The predicted octanol–water partition coefficient (Wildman–Crippen LogP) is 5.45. The van der Waals surface area contributed by atoms with Crippen molar-refractivity contribution < 1.29 is 4.74 Å². The minimum atomic E-state index is -0.500. The molecule has 0 spiro atoms. The van der Waals surface area contributed by atoms with Crippen molar-refractivity contribution in [3.8, 4) is 17.0 Å². The summed E-state index contributed by atoms with van der Waals surface area (Å²) in [6.07, 6.45) is 8.42. The van der Waals surface area contributed by atoms with Gasteiger partial charge in [-0.3, -0.25) is 0 Å². The van der Waals surface area contributed by atoms with E-state index >= 15 is 0 Å². The van der Waals surface area contributed by atoms with E-state index in [0.29, 0.717) is 0 Å². The fraction of sp³-hybridized carbons (Fsp3) is 0.375. The molecule has 4 heteroatoms. The van der Waals surface area contributed by atoms with Gasteiger partial charge in [0.25, 0.3) is 0 Å². The predicted molar refractivity (Wildman–Crippen MR) is 115 cm³/mol. The summed E-state index contributed by atoms with van der Waals surface area (Å²) in [4.78, 5) is 8.25. The number of unbranched alkanes of at least 4 members (excludes halogenated alkanes) is 3. The van der Waals surface area contributed by atoms with E-state index in [2.05, 4.69) is 36.2 Å². The van der Waals surface area contributed by atoms with Crippen LogP contribution >= 0.6 is 0 Å². The van der Waals surface area contributed by atoms with Crippen LogP contribution in [0.2, 0.25) is 0 Å². The topological polar surface area (TPSA) is 63.9 Å². The van der Waals surface area contributed by atoms with Crippen molar-refractivity contribution in [2.24, 2.45) is 5.73 Å². The van der Waals surface area contributed by atoms with Crippen LogP contribution in [0.4, 0.5) is 0 Å². The molecular formula is C24H31N3O. The molecule has 0 aliphatic rings. The Balaban J connectivity index is 1.83. The SMILES string of the molecule is CCCCCC[C@@](N)(Cc1ccccc1)c1nc(-c2ccc(OC)cc2)c[nH]1. The van der Waals surface area contributed by atoms with E-state index in [4.69, 9.17) is 15.5 Å². The maximum atomic E-state index is 6.96. The van der Waals surface area contributed by atoms with Crippen molar-refractivity contribution in [3.63, 3.8) is 0 Å². The molecule has 148 valence electrons. The van der Waals surface area contributed by atoms with Crippen LogP contribution in [0.5, 0.6) is 5.75 Å². The minimum absolute atomic E-state index is 0.500. The summed E-state index contributed by atoms with van der Waals surface area (Å²) in [7, 11) is 1.67. The summed E-state index contributed by atoms with van der Waals surface area (Å²) in [5.74, 6) is 1.70. The Bertz CT molecular complexity index is 842. The lowest BCUT2D eigenvalue weighted by Gasteiger charge is -2.28. The van der Waals surface area contributed by atoms with E-state index in [1.54, 1.807) is 7.11 Å². The molecule has 0 fully saturated rings. The number of aromatic amines is 1. The third kappa shape index (κ3) is 5.02. The minimum Gasteiger partial charge on any atom is -0.497 e. The highest BCUT2D eigenvalue weighted by molar-refractivity contribution is 5.59. The van der Waals surface area contributed by atoms with Gasteiger partial charge in [-0.15, -0.1) is 0 Å². The molecule has 0 bridgehead atoms. The quantitative estimate of drug-likeness (QED) is 0.462. The first kappa shape index (κ1) is 20.2. The zero-order valence-electron chi connectivity index (χ0n) is 16.9.